The lowest BCUT2D eigenvalue weighted by atomic mass is 9.97. The van der Waals surface area contributed by atoms with Crippen LogP contribution in [0.25, 0.3) is 0 Å². The highest BCUT2D eigenvalue weighted by molar-refractivity contribution is 5.79. The number of aromatic nitrogens is 1. The summed E-state index contributed by atoms with van der Waals surface area (Å²) in [6, 6.07) is 0.513. The minimum atomic E-state index is 0.513. The molecule has 176 valence electrons. The summed E-state index contributed by atoms with van der Waals surface area (Å²) >= 11 is 0. The topological polar surface area (TPSA) is 78.2 Å². The van der Waals surface area contributed by atoms with Gasteiger partial charge in [0.05, 0.1) is 12.2 Å². The van der Waals surface area contributed by atoms with Gasteiger partial charge in [-0.2, -0.15) is 0 Å². The number of hydrogen-bond acceptors (Lipinski definition) is 6. The van der Waals surface area contributed by atoms with Crippen LogP contribution in [0.2, 0.25) is 0 Å². The standard InChI is InChI=1S/C23H42N6O2/c1-18-19(2)31-22(26-18)17-29-11-6-20(7-12-29)16-25-23(24-3)27-21-8-13-28(14-9-21)10-5-15-30-4/h20-21H,5-17H2,1-4H3,(H2,24,25,27). The average molecular weight is 435 g/mol. The van der Waals surface area contributed by atoms with Crippen LogP contribution in [0.1, 0.15) is 49.4 Å². The molecule has 0 unspecified atom stereocenters. The van der Waals surface area contributed by atoms with Crippen molar-refractivity contribution in [1.29, 1.82) is 0 Å². The van der Waals surface area contributed by atoms with Gasteiger partial charge in [-0.1, -0.05) is 0 Å². The lowest BCUT2D eigenvalue weighted by molar-refractivity contribution is 0.155. The predicted molar refractivity (Wildman–Crippen MR) is 124 cm³/mol. The molecule has 0 atom stereocenters. The van der Waals surface area contributed by atoms with Crippen molar-refractivity contribution in [2.45, 2.75) is 58.5 Å². The summed E-state index contributed by atoms with van der Waals surface area (Å²) in [5, 5.41) is 7.21. The molecule has 3 heterocycles. The van der Waals surface area contributed by atoms with Gasteiger partial charge in [-0.15, -0.1) is 0 Å². The maximum atomic E-state index is 5.74. The maximum Gasteiger partial charge on any atom is 0.208 e. The number of methoxy groups -OCH3 is 1. The van der Waals surface area contributed by atoms with E-state index in [-0.39, 0.29) is 0 Å². The van der Waals surface area contributed by atoms with Crippen LogP contribution in [0, 0.1) is 19.8 Å². The van der Waals surface area contributed by atoms with Crippen molar-refractivity contribution in [2.24, 2.45) is 10.9 Å². The van der Waals surface area contributed by atoms with Gasteiger partial charge in [-0.3, -0.25) is 9.89 Å². The highest BCUT2D eigenvalue weighted by atomic mass is 16.5. The molecule has 3 rings (SSSR count). The van der Waals surface area contributed by atoms with Gasteiger partial charge in [0, 0.05) is 53.0 Å². The molecule has 8 heteroatoms. The second-order valence-electron chi connectivity index (χ2n) is 9.03. The van der Waals surface area contributed by atoms with Crippen molar-refractivity contribution in [2.75, 3.05) is 60.0 Å². The van der Waals surface area contributed by atoms with E-state index in [2.05, 4.69) is 30.4 Å². The highest BCUT2D eigenvalue weighted by Gasteiger charge is 2.22. The van der Waals surface area contributed by atoms with E-state index in [0.29, 0.717) is 12.0 Å². The molecular formula is C23H42N6O2. The zero-order valence-corrected chi connectivity index (χ0v) is 20.0. The average Bonchev–Trinajstić information content (AvgIpc) is 3.10. The van der Waals surface area contributed by atoms with Crippen molar-refractivity contribution in [1.82, 2.24) is 25.4 Å². The highest BCUT2D eigenvalue weighted by Crippen LogP contribution is 2.19. The summed E-state index contributed by atoms with van der Waals surface area (Å²) in [6.07, 6.45) is 5.86. The van der Waals surface area contributed by atoms with E-state index >= 15 is 0 Å². The molecule has 0 saturated carbocycles. The zero-order chi connectivity index (χ0) is 22.1. The van der Waals surface area contributed by atoms with Crippen LogP contribution >= 0.6 is 0 Å². The second-order valence-corrected chi connectivity index (χ2v) is 9.03. The fourth-order valence-electron chi connectivity index (χ4n) is 4.51. The molecule has 0 spiro atoms. The van der Waals surface area contributed by atoms with Crippen molar-refractivity contribution < 1.29 is 9.15 Å². The van der Waals surface area contributed by atoms with Crippen LogP contribution in [0.4, 0.5) is 0 Å². The molecule has 2 aliphatic rings. The van der Waals surface area contributed by atoms with Gasteiger partial charge in [-0.05, 0) is 65.0 Å². The van der Waals surface area contributed by atoms with Crippen molar-refractivity contribution >= 4 is 5.96 Å². The number of aryl methyl sites for hydroxylation is 2. The molecule has 8 nitrogen and oxygen atoms in total. The molecular weight excluding hydrogens is 392 g/mol. The molecule has 1 aromatic rings. The summed E-state index contributed by atoms with van der Waals surface area (Å²) < 4.78 is 10.9. The Morgan fingerprint density at radius 2 is 1.84 bits per heavy atom. The first-order chi connectivity index (χ1) is 15.1. The van der Waals surface area contributed by atoms with E-state index in [0.717, 1.165) is 82.1 Å². The first-order valence-corrected chi connectivity index (χ1v) is 11.9. The molecule has 0 aromatic carbocycles. The summed E-state index contributed by atoms with van der Waals surface area (Å²) in [5.74, 6) is 3.42. The Kier molecular flexibility index (Phi) is 9.61. The Bertz CT molecular complexity index is 656. The Balaban J connectivity index is 1.31. The number of likely N-dealkylation sites (tertiary alicyclic amines) is 2. The molecule has 0 aliphatic carbocycles. The van der Waals surface area contributed by atoms with E-state index in [4.69, 9.17) is 9.15 Å². The number of nitrogens with zero attached hydrogens (tertiary/aromatic N) is 4. The molecule has 31 heavy (non-hydrogen) atoms. The number of ether oxygens (including phenoxy) is 1. The normalized spacial score (nSPS) is 20.3. The quantitative estimate of drug-likeness (QED) is 0.350. The Hall–Kier alpha value is -1.64. The number of rotatable bonds is 9. The monoisotopic (exact) mass is 434 g/mol. The smallest absolute Gasteiger partial charge is 0.208 e. The number of hydrogen-bond donors (Lipinski definition) is 2. The molecule has 0 amide bonds. The van der Waals surface area contributed by atoms with E-state index in [1.807, 2.05) is 20.9 Å². The molecule has 2 fully saturated rings. The largest absolute Gasteiger partial charge is 0.444 e. The number of aliphatic imine (C=N–C) groups is 1. The SMILES string of the molecule is CN=C(NCC1CCN(Cc2nc(C)c(C)o2)CC1)NC1CCN(CCCOC)CC1. The van der Waals surface area contributed by atoms with Gasteiger partial charge in [-0.25, -0.2) is 4.98 Å². The van der Waals surface area contributed by atoms with Crippen LogP contribution in [0.5, 0.6) is 0 Å². The summed E-state index contributed by atoms with van der Waals surface area (Å²) in [7, 11) is 3.65. The fraction of sp³-hybridized carbons (Fsp3) is 0.826. The third-order valence-corrected chi connectivity index (χ3v) is 6.67. The molecule has 1 aromatic heterocycles. The zero-order valence-electron chi connectivity index (χ0n) is 20.0. The number of oxazole rings is 1. The molecule has 2 aliphatic heterocycles. The van der Waals surface area contributed by atoms with Gasteiger partial charge in [0.2, 0.25) is 5.89 Å². The number of piperidine rings is 2. The van der Waals surface area contributed by atoms with Crippen LogP contribution in [-0.4, -0.2) is 86.8 Å². The first-order valence-electron chi connectivity index (χ1n) is 11.9. The van der Waals surface area contributed by atoms with Gasteiger partial charge >= 0.3 is 0 Å². The second kappa shape index (κ2) is 12.4. The van der Waals surface area contributed by atoms with Crippen molar-refractivity contribution in [3.8, 4) is 0 Å². The van der Waals surface area contributed by atoms with Gasteiger partial charge < -0.3 is 24.7 Å². The summed E-state index contributed by atoms with van der Waals surface area (Å²) in [4.78, 5) is 14.0. The number of nitrogens with one attached hydrogen (secondary N) is 2. The lowest BCUT2D eigenvalue weighted by Gasteiger charge is -2.34. The predicted octanol–water partition coefficient (Wildman–Crippen LogP) is 2.17. The Morgan fingerprint density at radius 1 is 1.13 bits per heavy atom. The molecule has 0 bridgehead atoms. The van der Waals surface area contributed by atoms with E-state index in [1.165, 1.54) is 25.7 Å². The Morgan fingerprint density at radius 3 is 2.45 bits per heavy atom. The van der Waals surface area contributed by atoms with E-state index < -0.39 is 0 Å². The first kappa shape index (κ1) is 24.0. The lowest BCUT2D eigenvalue weighted by Crippen LogP contribution is -2.50. The third kappa shape index (κ3) is 7.77. The van der Waals surface area contributed by atoms with Crippen LogP contribution in [-0.2, 0) is 11.3 Å². The van der Waals surface area contributed by atoms with Crippen LogP contribution in [0.3, 0.4) is 0 Å². The maximum absolute atomic E-state index is 5.74. The van der Waals surface area contributed by atoms with Crippen molar-refractivity contribution in [3.63, 3.8) is 0 Å². The summed E-state index contributed by atoms with van der Waals surface area (Å²) in [6.45, 7) is 12.3. The van der Waals surface area contributed by atoms with Gasteiger partial charge in [0.25, 0.3) is 0 Å². The van der Waals surface area contributed by atoms with Gasteiger partial charge in [0.1, 0.15) is 5.76 Å². The third-order valence-electron chi connectivity index (χ3n) is 6.67. The number of guanidine groups is 1. The van der Waals surface area contributed by atoms with Crippen molar-refractivity contribution in [3.05, 3.63) is 17.3 Å². The van der Waals surface area contributed by atoms with E-state index in [1.54, 1.807) is 7.11 Å². The van der Waals surface area contributed by atoms with Crippen LogP contribution in [0.15, 0.2) is 9.41 Å². The fourth-order valence-corrected chi connectivity index (χ4v) is 4.51. The van der Waals surface area contributed by atoms with E-state index in [9.17, 15) is 0 Å². The molecule has 2 N–H and O–H groups in total. The van der Waals surface area contributed by atoms with Crippen LogP contribution < -0.4 is 10.6 Å². The molecule has 2 saturated heterocycles. The molecule has 0 radical (unpaired) electrons. The minimum absolute atomic E-state index is 0.513. The minimum Gasteiger partial charge on any atom is -0.444 e. The van der Waals surface area contributed by atoms with Gasteiger partial charge in [0.15, 0.2) is 5.96 Å². The summed E-state index contributed by atoms with van der Waals surface area (Å²) in [5.41, 5.74) is 1.00. The Labute approximate surface area is 187 Å².